The number of methoxy groups -OCH3 is 1. The van der Waals surface area contributed by atoms with Gasteiger partial charge in [-0.25, -0.2) is 13.2 Å². The van der Waals surface area contributed by atoms with E-state index >= 15 is 0 Å². The van der Waals surface area contributed by atoms with Crippen molar-refractivity contribution in [2.45, 2.75) is 16.7 Å². The first-order valence-electron chi connectivity index (χ1n) is 5.31. The van der Waals surface area contributed by atoms with Gasteiger partial charge in [-0.2, -0.15) is 4.31 Å². The standard InChI is InChI=1S/C10H13NO5S2/c1-16-7-4-5-11(6-7)18(14,15)9-3-2-8(17-9)10(12)13/h2-3,7H,4-6H2,1H3,(H,12,13)/t7-/m1/s1. The molecule has 1 aliphatic heterocycles. The number of carbonyl (C=O) groups is 1. The van der Waals surface area contributed by atoms with Gasteiger partial charge in [0.25, 0.3) is 10.0 Å². The van der Waals surface area contributed by atoms with Crippen molar-refractivity contribution < 1.29 is 23.1 Å². The van der Waals surface area contributed by atoms with Gasteiger partial charge in [0.1, 0.15) is 9.09 Å². The van der Waals surface area contributed by atoms with Gasteiger partial charge in [-0.15, -0.1) is 11.3 Å². The van der Waals surface area contributed by atoms with Gasteiger partial charge in [-0.3, -0.25) is 0 Å². The molecule has 1 fully saturated rings. The van der Waals surface area contributed by atoms with Gasteiger partial charge < -0.3 is 9.84 Å². The molecule has 1 saturated heterocycles. The Bertz CT molecular complexity index is 550. The fraction of sp³-hybridized carbons (Fsp3) is 0.500. The molecule has 0 spiro atoms. The van der Waals surface area contributed by atoms with E-state index < -0.39 is 16.0 Å². The normalized spacial score (nSPS) is 21.3. The van der Waals surface area contributed by atoms with Crippen LogP contribution in [0.25, 0.3) is 0 Å². The lowest BCUT2D eigenvalue weighted by molar-refractivity contribution is 0.0702. The predicted octanol–water partition coefficient (Wildman–Crippen LogP) is 0.856. The number of nitrogens with zero attached hydrogens (tertiary/aromatic N) is 1. The van der Waals surface area contributed by atoms with Gasteiger partial charge in [-0.05, 0) is 18.6 Å². The molecular formula is C10H13NO5S2. The van der Waals surface area contributed by atoms with Crippen LogP contribution in [0.2, 0.25) is 0 Å². The molecule has 0 aromatic carbocycles. The van der Waals surface area contributed by atoms with Crippen LogP contribution in [0.1, 0.15) is 16.1 Å². The highest BCUT2D eigenvalue weighted by molar-refractivity contribution is 7.91. The summed E-state index contributed by atoms with van der Waals surface area (Å²) < 4.78 is 31.0. The summed E-state index contributed by atoms with van der Waals surface area (Å²) >= 11 is 0.774. The summed E-state index contributed by atoms with van der Waals surface area (Å²) in [4.78, 5) is 10.8. The maximum absolute atomic E-state index is 12.2. The Balaban J connectivity index is 2.23. The zero-order chi connectivity index (χ0) is 13.3. The summed E-state index contributed by atoms with van der Waals surface area (Å²) in [7, 11) is -2.04. The molecule has 0 unspecified atom stereocenters. The zero-order valence-electron chi connectivity index (χ0n) is 9.70. The van der Waals surface area contributed by atoms with Crippen LogP contribution in [0, 0.1) is 0 Å². The number of thiophene rings is 1. The quantitative estimate of drug-likeness (QED) is 0.889. The molecule has 0 bridgehead atoms. The molecule has 0 radical (unpaired) electrons. The van der Waals surface area contributed by atoms with Crippen LogP contribution in [0.4, 0.5) is 0 Å². The second-order valence-electron chi connectivity index (χ2n) is 3.93. The SMILES string of the molecule is CO[C@@H]1CCN(S(=O)(=O)c2ccc(C(=O)O)s2)C1. The second-order valence-corrected chi connectivity index (χ2v) is 7.18. The van der Waals surface area contributed by atoms with E-state index in [4.69, 9.17) is 9.84 Å². The molecule has 0 amide bonds. The monoisotopic (exact) mass is 291 g/mol. The molecular weight excluding hydrogens is 278 g/mol. The van der Waals surface area contributed by atoms with Crippen LogP contribution >= 0.6 is 11.3 Å². The van der Waals surface area contributed by atoms with Crippen molar-refractivity contribution in [3.63, 3.8) is 0 Å². The minimum Gasteiger partial charge on any atom is -0.477 e. The van der Waals surface area contributed by atoms with E-state index in [-0.39, 0.29) is 15.2 Å². The van der Waals surface area contributed by atoms with E-state index in [1.165, 1.54) is 16.4 Å². The van der Waals surface area contributed by atoms with Crippen molar-refractivity contribution in [2.75, 3.05) is 20.2 Å². The Morgan fingerprint density at radius 2 is 2.28 bits per heavy atom. The van der Waals surface area contributed by atoms with Crippen LogP contribution in [0.3, 0.4) is 0 Å². The number of hydrogen-bond donors (Lipinski definition) is 1. The van der Waals surface area contributed by atoms with Crippen molar-refractivity contribution >= 4 is 27.3 Å². The Labute approximate surface area is 109 Å². The largest absolute Gasteiger partial charge is 0.477 e. The summed E-state index contributed by atoms with van der Waals surface area (Å²) in [5.41, 5.74) is 0. The Morgan fingerprint density at radius 3 is 2.78 bits per heavy atom. The summed E-state index contributed by atoms with van der Waals surface area (Å²) in [5.74, 6) is -1.11. The maximum atomic E-state index is 12.2. The molecule has 0 aliphatic carbocycles. The van der Waals surface area contributed by atoms with E-state index in [1.54, 1.807) is 7.11 Å². The number of rotatable bonds is 4. The molecule has 1 atom stereocenters. The second kappa shape index (κ2) is 4.96. The van der Waals surface area contributed by atoms with E-state index in [9.17, 15) is 13.2 Å². The predicted molar refractivity (Wildman–Crippen MR) is 65.5 cm³/mol. The number of sulfonamides is 1. The summed E-state index contributed by atoms with van der Waals surface area (Å²) in [6.07, 6.45) is 0.575. The average Bonchev–Trinajstić information content (AvgIpc) is 2.98. The van der Waals surface area contributed by atoms with Gasteiger partial charge >= 0.3 is 5.97 Å². The molecule has 1 aromatic heterocycles. The number of carboxylic acid groups (broad SMARTS) is 1. The third kappa shape index (κ3) is 2.41. The first-order chi connectivity index (χ1) is 8.45. The molecule has 18 heavy (non-hydrogen) atoms. The lowest BCUT2D eigenvalue weighted by atomic mass is 10.3. The van der Waals surface area contributed by atoms with Crippen LogP contribution in [0.15, 0.2) is 16.3 Å². The number of carboxylic acids is 1. The number of ether oxygens (including phenoxy) is 1. The van der Waals surface area contributed by atoms with Crippen molar-refractivity contribution in [3.05, 3.63) is 17.0 Å². The fourth-order valence-corrected chi connectivity index (χ4v) is 4.60. The van der Waals surface area contributed by atoms with E-state index in [2.05, 4.69) is 0 Å². The highest BCUT2D eigenvalue weighted by Crippen LogP contribution is 2.27. The minimum atomic E-state index is -3.59. The zero-order valence-corrected chi connectivity index (χ0v) is 11.3. The van der Waals surface area contributed by atoms with Gasteiger partial charge in [0.15, 0.2) is 0 Å². The summed E-state index contributed by atoms with van der Waals surface area (Å²) in [5, 5.41) is 8.79. The average molecular weight is 291 g/mol. The summed E-state index contributed by atoms with van der Waals surface area (Å²) in [6, 6.07) is 2.65. The first kappa shape index (κ1) is 13.5. The third-order valence-electron chi connectivity index (χ3n) is 2.83. The lowest BCUT2D eigenvalue weighted by Crippen LogP contribution is -2.29. The molecule has 1 N–H and O–H groups in total. The molecule has 2 heterocycles. The molecule has 100 valence electrons. The highest BCUT2D eigenvalue weighted by atomic mass is 32.2. The molecule has 6 nitrogen and oxygen atoms in total. The van der Waals surface area contributed by atoms with Crippen LogP contribution < -0.4 is 0 Å². The fourth-order valence-electron chi connectivity index (χ4n) is 1.81. The van der Waals surface area contributed by atoms with Crippen molar-refractivity contribution in [2.24, 2.45) is 0 Å². The molecule has 1 aliphatic rings. The van der Waals surface area contributed by atoms with E-state index in [1.807, 2.05) is 0 Å². The number of hydrogen-bond acceptors (Lipinski definition) is 5. The smallest absolute Gasteiger partial charge is 0.345 e. The maximum Gasteiger partial charge on any atom is 0.345 e. The van der Waals surface area contributed by atoms with Crippen LogP contribution in [0.5, 0.6) is 0 Å². The highest BCUT2D eigenvalue weighted by Gasteiger charge is 2.33. The Kier molecular flexibility index (Phi) is 3.71. The van der Waals surface area contributed by atoms with Crippen LogP contribution in [-0.2, 0) is 14.8 Å². The Morgan fingerprint density at radius 1 is 1.56 bits per heavy atom. The molecule has 0 saturated carbocycles. The lowest BCUT2D eigenvalue weighted by Gasteiger charge is -2.14. The van der Waals surface area contributed by atoms with Gasteiger partial charge in [0.2, 0.25) is 0 Å². The van der Waals surface area contributed by atoms with E-state index in [0.717, 1.165) is 11.3 Å². The van der Waals surface area contributed by atoms with Crippen LogP contribution in [-0.4, -0.2) is 50.1 Å². The first-order valence-corrected chi connectivity index (χ1v) is 7.57. The van der Waals surface area contributed by atoms with Gasteiger partial charge in [0.05, 0.1) is 6.10 Å². The topological polar surface area (TPSA) is 83.9 Å². The van der Waals surface area contributed by atoms with Crippen molar-refractivity contribution in [3.8, 4) is 0 Å². The number of aromatic carboxylic acids is 1. The van der Waals surface area contributed by atoms with Gasteiger partial charge in [-0.1, -0.05) is 0 Å². The molecule has 8 heteroatoms. The van der Waals surface area contributed by atoms with Gasteiger partial charge in [0, 0.05) is 20.2 Å². The van der Waals surface area contributed by atoms with Crippen molar-refractivity contribution in [1.29, 1.82) is 0 Å². The Hall–Kier alpha value is -0.960. The van der Waals surface area contributed by atoms with E-state index in [0.29, 0.717) is 19.5 Å². The third-order valence-corrected chi connectivity index (χ3v) is 6.23. The molecule has 2 rings (SSSR count). The van der Waals surface area contributed by atoms with Crippen molar-refractivity contribution in [1.82, 2.24) is 4.31 Å². The minimum absolute atomic E-state index is 0.0241. The summed E-state index contributed by atoms with van der Waals surface area (Å²) in [6.45, 7) is 0.723. The molecule has 1 aromatic rings.